The van der Waals surface area contributed by atoms with Gasteiger partial charge in [-0.3, -0.25) is 14.4 Å². The predicted octanol–water partition coefficient (Wildman–Crippen LogP) is 2.96. The number of benzene rings is 2. The van der Waals surface area contributed by atoms with E-state index in [-0.39, 0.29) is 18.9 Å². The fourth-order valence-electron chi connectivity index (χ4n) is 2.84. The van der Waals surface area contributed by atoms with Gasteiger partial charge in [0.2, 0.25) is 5.91 Å². The average Bonchev–Trinajstić information content (AvgIpc) is 2.73. The van der Waals surface area contributed by atoms with Crippen LogP contribution in [-0.4, -0.2) is 36.2 Å². The number of fused-ring (bicyclic) bond motifs is 1. The molecule has 2 aromatic rings. The van der Waals surface area contributed by atoms with Crippen LogP contribution in [-0.2, 0) is 19.1 Å². The van der Waals surface area contributed by atoms with Crippen molar-refractivity contribution in [1.29, 1.82) is 5.26 Å². The van der Waals surface area contributed by atoms with Crippen LogP contribution in [0, 0.1) is 11.3 Å². The molecule has 0 aliphatic carbocycles. The summed E-state index contributed by atoms with van der Waals surface area (Å²) < 4.78 is 5.20. The molecule has 1 atom stereocenters. The van der Waals surface area contributed by atoms with E-state index in [0.717, 1.165) is 10.6 Å². The first kappa shape index (κ1) is 20.4. The van der Waals surface area contributed by atoms with Crippen molar-refractivity contribution >= 4 is 40.9 Å². The molecule has 0 bridgehead atoms. The highest BCUT2D eigenvalue weighted by Crippen LogP contribution is 2.34. The first-order valence-electron chi connectivity index (χ1n) is 9.01. The van der Waals surface area contributed by atoms with E-state index in [9.17, 15) is 14.4 Å². The van der Waals surface area contributed by atoms with Crippen LogP contribution < -0.4 is 10.2 Å². The number of carbonyl (C=O) groups is 3. The maximum Gasteiger partial charge on any atom is 0.308 e. The number of ether oxygens (including phenoxy) is 1. The molecule has 0 spiro atoms. The predicted molar refractivity (Wildman–Crippen MR) is 109 cm³/mol. The number of anilines is 2. The molecule has 1 aliphatic rings. The fourth-order valence-corrected chi connectivity index (χ4v) is 3.77. The summed E-state index contributed by atoms with van der Waals surface area (Å²) in [5, 5.41) is 11.7. The molecule has 0 radical (unpaired) electrons. The number of esters is 1. The van der Waals surface area contributed by atoms with Gasteiger partial charge in [0.15, 0.2) is 6.10 Å². The van der Waals surface area contributed by atoms with Crippen LogP contribution in [0.25, 0.3) is 0 Å². The topological polar surface area (TPSA) is 99.5 Å². The van der Waals surface area contributed by atoms with E-state index in [1.54, 1.807) is 29.2 Å². The zero-order valence-corrected chi connectivity index (χ0v) is 16.6. The monoisotopic (exact) mass is 409 g/mol. The summed E-state index contributed by atoms with van der Waals surface area (Å²) in [6.45, 7) is 1.64. The number of thioether (sulfide) groups is 1. The lowest BCUT2D eigenvalue weighted by atomic mass is 10.2. The maximum absolute atomic E-state index is 12.3. The summed E-state index contributed by atoms with van der Waals surface area (Å²) in [5.74, 6) is -0.856. The molecule has 3 rings (SSSR count). The molecule has 7 nitrogen and oxygen atoms in total. The smallest absolute Gasteiger partial charge is 0.308 e. The maximum atomic E-state index is 12.3. The van der Waals surface area contributed by atoms with Crippen molar-refractivity contribution in [2.45, 2.75) is 24.3 Å². The van der Waals surface area contributed by atoms with Crippen molar-refractivity contribution in [3.05, 3.63) is 54.1 Å². The SMILES string of the molecule is C[C@H](OC(=O)CCN1C(=O)CSc2ccccc21)C(=O)Nc1ccccc1C#N. The van der Waals surface area contributed by atoms with E-state index >= 15 is 0 Å². The zero-order chi connectivity index (χ0) is 20.8. The standard InChI is InChI=1S/C21H19N3O4S/c1-14(21(27)23-16-7-3-2-6-15(16)12-22)28-20(26)10-11-24-17-8-4-5-9-18(17)29-13-19(24)25/h2-9,14H,10-11,13H2,1H3,(H,23,27)/t14-/m0/s1. The van der Waals surface area contributed by atoms with E-state index < -0.39 is 18.0 Å². The van der Waals surface area contributed by atoms with Crippen LogP contribution >= 0.6 is 11.8 Å². The molecule has 1 heterocycles. The first-order chi connectivity index (χ1) is 14.0. The summed E-state index contributed by atoms with van der Waals surface area (Å²) in [7, 11) is 0. The van der Waals surface area contributed by atoms with Crippen molar-refractivity contribution in [3.8, 4) is 6.07 Å². The number of hydrogen-bond acceptors (Lipinski definition) is 6. The van der Waals surface area contributed by atoms with Gasteiger partial charge in [-0.15, -0.1) is 11.8 Å². The van der Waals surface area contributed by atoms with Gasteiger partial charge in [0.25, 0.3) is 5.91 Å². The number of hydrogen-bond donors (Lipinski definition) is 1. The lowest BCUT2D eigenvalue weighted by molar-refractivity contribution is -0.152. The van der Waals surface area contributed by atoms with Crippen LogP contribution in [0.15, 0.2) is 53.4 Å². The molecule has 0 unspecified atom stereocenters. The van der Waals surface area contributed by atoms with Gasteiger partial charge in [-0.1, -0.05) is 24.3 Å². The van der Waals surface area contributed by atoms with Crippen LogP contribution in [0.4, 0.5) is 11.4 Å². The van der Waals surface area contributed by atoms with E-state index in [1.807, 2.05) is 30.3 Å². The van der Waals surface area contributed by atoms with Gasteiger partial charge in [0.1, 0.15) is 6.07 Å². The third-order valence-corrected chi connectivity index (χ3v) is 5.38. The molecule has 0 saturated heterocycles. The van der Waals surface area contributed by atoms with Crippen molar-refractivity contribution in [2.24, 2.45) is 0 Å². The Morgan fingerprint density at radius 3 is 2.76 bits per heavy atom. The number of amides is 2. The van der Waals surface area contributed by atoms with Gasteiger partial charge in [0, 0.05) is 11.4 Å². The first-order valence-corrected chi connectivity index (χ1v) is 10.00. The quantitative estimate of drug-likeness (QED) is 0.737. The van der Waals surface area contributed by atoms with Crippen LogP contribution in [0.1, 0.15) is 18.9 Å². The van der Waals surface area contributed by atoms with Crippen LogP contribution in [0.3, 0.4) is 0 Å². The Labute approximate surface area is 172 Å². The molecule has 1 N–H and O–H groups in total. The fraction of sp³-hybridized carbons (Fsp3) is 0.238. The molecule has 2 aromatic carbocycles. The summed E-state index contributed by atoms with van der Waals surface area (Å²) in [6.07, 6.45) is -1.06. The number of rotatable bonds is 6. The Balaban J connectivity index is 1.55. The molecule has 0 fully saturated rings. The molecule has 0 saturated carbocycles. The van der Waals surface area contributed by atoms with Gasteiger partial charge in [-0.2, -0.15) is 5.26 Å². The second-order valence-corrected chi connectivity index (χ2v) is 7.35. The lowest BCUT2D eigenvalue weighted by Crippen LogP contribution is -2.38. The second-order valence-electron chi connectivity index (χ2n) is 6.33. The molecule has 2 amide bonds. The third-order valence-electron chi connectivity index (χ3n) is 4.33. The third kappa shape index (κ3) is 4.95. The normalized spacial score (nSPS) is 13.8. The van der Waals surface area contributed by atoms with Crippen LogP contribution in [0.2, 0.25) is 0 Å². The van der Waals surface area contributed by atoms with E-state index in [0.29, 0.717) is 17.0 Å². The minimum atomic E-state index is -1.03. The summed E-state index contributed by atoms with van der Waals surface area (Å²) in [6, 6.07) is 16.1. The van der Waals surface area contributed by atoms with E-state index in [2.05, 4.69) is 5.32 Å². The lowest BCUT2D eigenvalue weighted by Gasteiger charge is -2.28. The number of carbonyl (C=O) groups excluding carboxylic acids is 3. The molecule has 29 heavy (non-hydrogen) atoms. The molecular formula is C21H19N3O4S. The summed E-state index contributed by atoms with van der Waals surface area (Å²) in [5.41, 5.74) is 1.45. The van der Waals surface area contributed by atoms with E-state index in [4.69, 9.17) is 10.00 Å². The highest BCUT2D eigenvalue weighted by atomic mass is 32.2. The van der Waals surface area contributed by atoms with Gasteiger partial charge >= 0.3 is 5.97 Å². The average molecular weight is 409 g/mol. The number of nitrogens with one attached hydrogen (secondary N) is 1. The van der Waals surface area contributed by atoms with Crippen molar-refractivity contribution in [1.82, 2.24) is 0 Å². The molecule has 8 heteroatoms. The van der Waals surface area contributed by atoms with Gasteiger partial charge in [0.05, 0.1) is 29.1 Å². The Hall–Kier alpha value is -3.31. The van der Waals surface area contributed by atoms with Gasteiger partial charge in [-0.25, -0.2) is 0 Å². The molecule has 0 aromatic heterocycles. The van der Waals surface area contributed by atoms with Crippen LogP contribution in [0.5, 0.6) is 0 Å². The van der Waals surface area contributed by atoms with E-state index in [1.165, 1.54) is 18.7 Å². The summed E-state index contributed by atoms with van der Waals surface area (Å²) in [4.78, 5) is 39.3. The minimum Gasteiger partial charge on any atom is -0.452 e. The highest BCUT2D eigenvalue weighted by molar-refractivity contribution is 8.00. The van der Waals surface area contributed by atoms with Gasteiger partial charge < -0.3 is 15.0 Å². The Kier molecular flexibility index (Phi) is 6.52. The molecule has 1 aliphatic heterocycles. The number of para-hydroxylation sites is 2. The number of nitriles is 1. The van der Waals surface area contributed by atoms with Crippen molar-refractivity contribution in [3.63, 3.8) is 0 Å². The van der Waals surface area contributed by atoms with Crippen molar-refractivity contribution < 1.29 is 19.1 Å². The Bertz CT molecular complexity index is 986. The molecular weight excluding hydrogens is 390 g/mol. The number of nitrogens with zero attached hydrogens (tertiary/aromatic N) is 2. The molecule has 148 valence electrons. The largest absolute Gasteiger partial charge is 0.452 e. The Morgan fingerprint density at radius 2 is 1.97 bits per heavy atom. The summed E-state index contributed by atoms with van der Waals surface area (Å²) >= 11 is 1.47. The zero-order valence-electron chi connectivity index (χ0n) is 15.8. The highest BCUT2D eigenvalue weighted by Gasteiger charge is 2.26. The Morgan fingerprint density at radius 1 is 1.24 bits per heavy atom. The second kappa shape index (κ2) is 9.26. The van der Waals surface area contributed by atoms with Gasteiger partial charge in [-0.05, 0) is 31.2 Å². The van der Waals surface area contributed by atoms with Crippen molar-refractivity contribution in [2.75, 3.05) is 22.5 Å². The minimum absolute atomic E-state index is 0.0306.